The molecule has 20 heavy (non-hydrogen) atoms. The molecule has 1 heterocycles. The van der Waals surface area contributed by atoms with Crippen LogP contribution < -0.4 is 0 Å². The lowest BCUT2D eigenvalue weighted by Gasteiger charge is -2.26. The topological polar surface area (TPSA) is 66.8 Å². The quantitative estimate of drug-likeness (QED) is 0.855. The number of carbonyl (C=O) groups excluding carboxylic acids is 1. The number of hydrogen-bond donors (Lipinski definition) is 1. The number of rotatable bonds is 4. The first-order valence-electron chi connectivity index (χ1n) is 6.40. The van der Waals surface area contributed by atoms with Crippen molar-refractivity contribution in [2.24, 2.45) is 0 Å². The number of carboxylic acid groups (broad SMARTS) is 1. The van der Waals surface area contributed by atoms with Gasteiger partial charge in [0.1, 0.15) is 0 Å². The first-order chi connectivity index (χ1) is 9.58. The van der Waals surface area contributed by atoms with E-state index in [1.165, 1.54) is 11.8 Å². The highest BCUT2D eigenvalue weighted by atomic mass is 32.2. The molecule has 1 amide bonds. The van der Waals surface area contributed by atoms with Crippen LogP contribution >= 0.6 is 11.8 Å². The molecule has 1 N–H and O–H groups in total. The maximum absolute atomic E-state index is 12.0. The molecule has 6 heteroatoms. The average Bonchev–Trinajstić information content (AvgIpc) is 2.46. The maximum atomic E-state index is 12.0. The smallest absolute Gasteiger partial charge is 0.335 e. The number of thioether (sulfide) groups is 1. The summed E-state index contributed by atoms with van der Waals surface area (Å²) in [5.41, 5.74) is 1.23. The largest absolute Gasteiger partial charge is 0.478 e. The number of amides is 1. The van der Waals surface area contributed by atoms with Gasteiger partial charge in [0.15, 0.2) is 0 Å². The zero-order valence-electron chi connectivity index (χ0n) is 11.3. The van der Waals surface area contributed by atoms with E-state index in [1.54, 1.807) is 23.1 Å². The molecule has 0 atom stereocenters. The van der Waals surface area contributed by atoms with E-state index in [9.17, 15) is 9.59 Å². The van der Waals surface area contributed by atoms with Crippen molar-refractivity contribution in [3.63, 3.8) is 0 Å². The van der Waals surface area contributed by atoms with E-state index in [2.05, 4.69) is 0 Å². The summed E-state index contributed by atoms with van der Waals surface area (Å²) in [4.78, 5) is 25.6. The molecule has 0 unspecified atom stereocenters. The third-order valence-electron chi connectivity index (χ3n) is 3.15. The fraction of sp³-hybridized carbons (Fsp3) is 0.429. The molecule has 0 radical (unpaired) electrons. The molecular weight excluding hydrogens is 278 g/mol. The van der Waals surface area contributed by atoms with Crippen LogP contribution in [-0.2, 0) is 9.53 Å². The van der Waals surface area contributed by atoms with Crippen LogP contribution in [0.3, 0.4) is 0 Å². The van der Waals surface area contributed by atoms with Gasteiger partial charge in [0.25, 0.3) is 0 Å². The predicted octanol–water partition coefficient (Wildman–Crippen LogP) is 1.64. The van der Waals surface area contributed by atoms with Crippen molar-refractivity contribution in [2.75, 3.05) is 32.1 Å². The van der Waals surface area contributed by atoms with Crippen LogP contribution in [0, 0.1) is 6.92 Å². The number of morpholine rings is 1. The minimum absolute atomic E-state index is 0.0680. The number of carboxylic acids is 1. The van der Waals surface area contributed by atoms with Crippen LogP contribution in [0.2, 0.25) is 0 Å². The maximum Gasteiger partial charge on any atom is 0.335 e. The summed E-state index contributed by atoms with van der Waals surface area (Å²) in [6, 6.07) is 4.96. The summed E-state index contributed by atoms with van der Waals surface area (Å²) < 4.78 is 5.21. The van der Waals surface area contributed by atoms with Crippen molar-refractivity contribution in [2.45, 2.75) is 11.8 Å². The number of benzene rings is 1. The van der Waals surface area contributed by atoms with E-state index in [0.717, 1.165) is 10.5 Å². The first kappa shape index (κ1) is 14.9. The Kier molecular flexibility index (Phi) is 5.03. The molecule has 1 aromatic carbocycles. The standard InChI is InChI=1S/C14H17NO4S/c1-10-2-3-11(14(17)18)8-12(10)20-9-13(16)15-4-6-19-7-5-15/h2-3,8H,4-7,9H2,1H3,(H,17,18). The molecule has 1 aliphatic rings. The van der Waals surface area contributed by atoms with Crippen LogP contribution in [0.15, 0.2) is 23.1 Å². The number of hydrogen-bond acceptors (Lipinski definition) is 4. The van der Waals surface area contributed by atoms with Crippen molar-refractivity contribution < 1.29 is 19.4 Å². The van der Waals surface area contributed by atoms with Crippen molar-refractivity contribution in [3.05, 3.63) is 29.3 Å². The van der Waals surface area contributed by atoms with Crippen LogP contribution in [0.5, 0.6) is 0 Å². The monoisotopic (exact) mass is 295 g/mol. The van der Waals surface area contributed by atoms with E-state index in [-0.39, 0.29) is 11.5 Å². The van der Waals surface area contributed by atoms with E-state index < -0.39 is 5.97 Å². The van der Waals surface area contributed by atoms with Gasteiger partial charge in [-0.2, -0.15) is 0 Å². The summed E-state index contributed by atoms with van der Waals surface area (Å²) in [5.74, 6) is -0.561. The Hall–Kier alpha value is -1.53. The van der Waals surface area contributed by atoms with Gasteiger partial charge in [0.05, 0.1) is 24.5 Å². The Bertz CT molecular complexity index is 512. The molecule has 5 nitrogen and oxygen atoms in total. The fourth-order valence-corrected chi connectivity index (χ4v) is 2.90. The molecule has 2 rings (SSSR count). The number of carbonyl (C=O) groups is 2. The molecule has 1 aliphatic heterocycles. The van der Waals surface area contributed by atoms with Crippen molar-refractivity contribution in [1.29, 1.82) is 0 Å². The van der Waals surface area contributed by atoms with Gasteiger partial charge in [-0.05, 0) is 24.6 Å². The Morgan fingerprint density at radius 2 is 2.05 bits per heavy atom. The lowest BCUT2D eigenvalue weighted by atomic mass is 10.1. The lowest BCUT2D eigenvalue weighted by molar-refractivity contribution is -0.132. The van der Waals surface area contributed by atoms with Crippen molar-refractivity contribution >= 4 is 23.6 Å². The average molecular weight is 295 g/mol. The van der Waals surface area contributed by atoms with E-state index in [1.807, 2.05) is 6.92 Å². The lowest BCUT2D eigenvalue weighted by Crippen LogP contribution is -2.41. The van der Waals surface area contributed by atoms with E-state index in [4.69, 9.17) is 9.84 Å². The fourth-order valence-electron chi connectivity index (χ4n) is 1.93. The van der Waals surface area contributed by atoms with Crippen LogP contribution in [0.4, 0.5) is 0 Å². The summed E-state index contributed by atoms with van der Waals surface area (Å²) in [7, 11) is 0. The molecule has 1 saturated heterocycles. The number of ether oxygens (including phenoxy) is 1. The van der Waals surface area contributed by atoms with Gasteiger partial charge < -0.3 is 14.7 Å². The van der Waals surface area contributed by atoms with Crippen molar-refractivity contribution in [1.82, 2.24) is 4.90 Å². The Balaban J connectivity index is 1.97. The number of aryl methyl sites for hydroxylation is 1. The second-order valence-corrected chi connectivity index (χ2v) is 5.58. The van der Waals surface area contributed by atoms with E-state index >= 15 is 0 Å². The van der Waals surface area contributed by atoms with Gasteiger partial charge in [-0.25, -0.2) is 4.79 Å². The van der Waals surface area contributed by atoms with Gasteiger partial charge in [-0.15, -0.1) is 11.8 Å². The molecule has 1 aromatic rings. The summed E-state index contributed by atoms with van der Waals surface area (Å²) in [6.07, 6.45) is 0. The van der Waals surface area contributed by atoms with Crippen molar-refractivity contribution in [3.8, 4) is 0 Å². The normalized spacial score (nSPS) is 15.2. The summed E-state index contributed by atoms with van der Waals surface area (Å²) >= 11 is 1.39. The minimum Gasteiger partial charge on any atom is -0.478 e. The SMILES string of the molecule is Cc1ccc(C(=O)O)cc1SCC(=O)N1CCOCC1. The molecule has 108 valence electrons. The van der Waals surface area contributed by atoms with Gasteiger partial charge in [-0.3, -0.25) is 4.79 Å². The zero-order valence-corrected chi connectivity index (χ0v) is 12.1. The molecule has 0 bridgehead atoms. The Morgan fingerprint density at radius 3 is 2.70 bits per heavy atom. The molecule has 1 fully saturated rings. The number of aromatic carboxylic acids is 1. The molecular formula is C14H17NO4S. The Labute approximate surface area is 121 Å². The van der Waals surface area contributed by atoms with Crippen LogP contribution in [0.1, 0.15) is 15.9 Å². The highest BCUT2D eigenvalue weighted by molar-refractivity contribution is 8.00. The van der Waals surface area contributed by atoms with E-state index in [0.29, 0.717) is 32.1 Å². The second kappa shape index (κ2) is 6.76. The van der Waals surface area contributed by atoms with Crippen LogP contribution in [0.25, 0.3) is 0 Å². The summed E-state index contributed by atoms with van der Waals surface area (Å²) in [5, 5.41) is 8.98. The molecule has 0 spiro atoms. The highest BCUT2D eigenvalue weighted by Gasteiger charge is 2.17. The van der Waals surface area contributed by atoms with Gasteiger partial charge in [-0.1, -0.05) is 6.07 Å². The predicted molar refractivity (Wildman–Crippen MR) is 76.3 cm³/mol. The molecule has 0 aliphatic carbocycles. The van der Waals surface area contributed by atoms with Gasteiger partial charge >= 0.3 is 5.97 Å². The summed E-state index contributed by atoms with van der Waals surface area (Å²) in [6.45, 7) is 4.35. The van der Waals surface area contributed by atoms with Gasteiger partial charge in [0.2, 0.25) is 5.91 Å². The second-order valence-electron chi connectivity index (χ2n) is 4.57. The highest BCUT2D eigenvalue weighted by Crippen LogP contribution is 2.24. The van der Waals surface area contributed by atoms with Gasteiger partial charge in [0, 0.05) is 18.0 Å². The minimum atomic E-state index is -0.952. The third kappa shape index (κ3) is 3.74. The molecule has 0 aromatic heterocycles. The Morgan fingerprint density at radius 1 is 1.35 bits per heavy atom. The number of nitrogens with zero attached hydrogens (tertiary/aromatic N) is 1. The first-order valence-corrected chi connectivity index (χ1v) is 7.39. The molecule has 0 saturated carbocycles. The van der Waals surface area contributed by atoms with Crippen LogP contribution in [-0.4, -0.2) is 53.9 Å². The zero-order chi connectivity index (χ0) is 14.5. The third-order valence-corrected chi connectivity index (χ3v) is 4.29.